The van der Waals surface area contributed by atoms with Crippen LogP contribution in [0.4, 0.5) is 5.69 Å². The van der Waals surface area contributed by atoms with Crippen molar-refractivity contribution in [1.29, 1.82) is 0 Å². The number of carbonyl (C=O) groups is 2. The Labute approximate surface area is 203 Å². The number of aryl methyl sites for hydroxylation is 1. The van der Waals surface area contributed by atoms with E-state index in [1.807, 2.05) is 29.7 Å². The van der Waals surface area contributed by atoms with Gasteiger partial charge in [-0.2, -0.15) is 0 Å². The number of halogens is 2. The first-order chi connectivity index (χ1) is 15.4. The van der Waals surface area contributed by atoms with Gasteiger partial charge in [0.15, 0.2) is 11.0 Å². The minimum atomic E-state index is -0.198. The Bertz CT molecular complexity index is 1150. The zero-order valence-corrected chi connectivity index (χ0v) is 20.4. The number of thioether (sulfide) groups is 1. The second kappa shape index (κ2) is 11.3. The van der Waals surface area contributed by atoms with Gasteiger partial charge in [-0.3, -0.25) is 9.59 Å². The number of hydrogen-bond donors (Lipinski definition) is 2. The van der Waals surface area contributed by atoms with E-state index in [9.17, 15) is 9.59 Å². The van der Waals surface area contributed by atoms with Crippen molar-refractivity contribution < 1.29 is 9.59 Å². The molecule has 2 aromatic carbocycles. The van der Waals surface area contributed by atoms with Crippen molar-refractivity contribution in [2.45, 2.75) is 25.2 Å². The standard InChI is InChI=1S/C22H21BrClN5O2S/c1-3-10-29-19(12-25-21(31)16-7-5-4-6-14(16)2)27-28-22(29)32-13-20(30)26-15-8-9-17(23)18(24)11-15/h3-9,11H,1,10,12-13H2,2H3,(H,25,31)(H,26,30). The van der Waals surface area contributed by atoms with E-state index in [4.69, 9.17) is 11.6 Å². The molecule has 0 aliphatic carbocycles. The summed E-state index contributed by atoms with van der Waals surface area (Å²) in [5.74, 6) is 0.335. The molecule has 32 heavy (non-hydrogen) atoms. The molecule has 0 spiro atoms. The summed E-state index contributed by atoms with van der Waals surface area (Å²) < 4.78 is 2.57. The Kier molecular flexibility index (Phi) is 8.49. The number of benzene rings is 2. The number of allylic oxidation sites excluding steroid dienone is 1. The minimum absolute atomic E-state index is 0.137. The van der Waals surface area contributed by atoms with Crippen molar-refractivity contribution in [3.8, 4) is 0 Å². The average molecular weight is 535 g/mol. The van der Waals surface area contributed by atoms with Gasteiger partial charge in [-0.05, 0) is 52.7 Å². The SMILES string of the molecule is C=CCn1c(CNC(=O)c2ccccc2C)nnc1SCC(=O)Nc1ccc(Br)c(Cl)c1. The molecule has 0 radical (unpaired) electrons. The Morgan fingerprint density at radius 1 is 1.25 bits per heavy atom. The summed E-state index contributed by atoms with van der Waals surface area (Å²) >= 11 is 10.6. The zero-order valence-electron chi connectivity index (χ0n) is 17.3. The van der Waals surface area contributed by atoms with E-state index in [2.05, 4.69) is 43.3 Å². The summed E-state index contributed by atoms with van der Waals surface area (Å²) in [6.07, 6.45) is 1.71. The first-order valence-corrected chi connectivity index (χ1v) is 11.8. The van der Waals surface area contributed by atoms with Crippen molar-refractivity contribution in [1.82, 2.24) is 20.1 Å². The molecule has 0 aliphatic rings. The van der Waals surface area contributed by atoms with Crippen LogP contribution in [0.15, 0.2) is 64.7 Å². The highest BCUT2D eigenvalue weighted by molar-refractivity contribution is 9.10. The first-order valence-electron chi connectivity index (χ1n) is 9.63. The third kappa shape index (κ3) is 6.21. The van der Waals surface area contributed by atoms with Crippen LogP contribution in [0.25, 0.3) is 0 Å². The highest BCUT2D eigenvalue weighted by Crippen LogP contribution is 2.26. The molecule has 0 unspecified atom stereocenters. The molecule has 10 heteroatoms. The summed E-state index contributed by atoms with van der Waals surface area (Å²) in [5.41, 5.74) is 2.12. The van der Waals surface area contributed by atoms with E-state index in [1.165, 1.54) is 11.8 Å². The summed E-state index contributed by atoms with van der Waals surface area (Å²) in [6.45, 7) is 6.32. The van der Waals surface area contributed by atoms with Crippen LogP contribution < -0.4 is 10.6 Å². The van der Waals surface area contributed by atoms with Crippen molar-refractivity contribution in [3.05, 3.63) is 81.6 Å². The lowest BCUT2D eigenvalue weighted by Crippen LogP contribution is -2.25. The third-order valence-electron chi connectivity index (χ3n) is 4.44. The van der Waals surface area contributed by atoms with E-state index >= 15 is 0 Å². The van der Waals surface area contributed by atoms with Gasteiger partial charge >= 0.3 is 0 Å². The van der Waals surface area contributed by atoms with Crippen molar-refractivity contribution in [2.24, 2.45) is 0 Å². The summed E-state index contributed by atoms with van der Waals surface area (Å²) in [4.78, 5) is 24.8. The topological polar surface area (TPSA) is 88.9 Å². The smallest absolute Gasteiger partial charge is 0.251 e. The lowest BCUT2D eigenvalue weighted by molar-refractivity contribution is -0.113. The predicted molar refractivity (Wildman–Crippen MR) is 131 cm³/mol. The van der Waals surface area contributed by atoms with E-state index in [0.717, 1.165) is 10.0 Å². The molecule has 1 aromatic heterocycles. The largest absolute Gasteiger partial charge is 0.345 e. The Morgan fingerprint density at radius 3 is 2.75 bits per heavy atom. The Balaban J connectivity index is 1.61. The van der Waals surface area contributed by atoms with Crippen LogP contribution in [-0.4, -0.2) is 32.3 Å². The number of amides is 2. The van der Waals surface area contributed by atoms with Crippen LogP contribution in [0.5, 0.6) is 0 Å². The number of nitrogens with one attached hydrogen (secondary N) is 2. The van der Waals surface area contributed by atoms with Gasteiger partial charge in [0, 0.05) is 22.3 Å². The van der Waals surface area contributed by atoms with Gasteiger partial charge in [0.2, 0.25) is 5.91 Å². The molecule has 0 saturated heterocycles. The molecule has 7 nitrogen and oxygen atoms in total. The molecule has 3 aromatic rings. The number of anilines is 1. The van der Waals surface area contributed by atoms with Gasteiger partial charge in [-0.25, -0.2) is 0 Å². The van der Waals surface area contributed by atoms with Gasteiger partial charge in [0.25, 0.3) is 5.91 Å². The van der Waals surface area contributed by atoms with Crippen molar-refractivity contribution in [3.63, 3.8) is 0 Å². The summed E-state index contributed by atoms with van der Waals surface area (Å²) in [6, 6.07) is 12.6. The summed E-state index contributed by atoms with van der Waals surface area (Å²) in [5, 5.41) is 15.1. The van der Waals surface area contributed by atoms with E-state index in [1.54, 1.807) is 30.3 Å². The van der Waals surface area contributed by atoms with Gasteiger partial charge < -0.3 is 15.2 Å². The highest BCUT2D eigenvalue weighted by atomic mass is 79.9. The predicted octanol–water partition coefficient (Wildman–Crippen LogP) is 4.85. The van der Waals surface area contributed by atoms with E-state index in [-0.39, 0.29) is 24.1 Å². The molecule has 2 N–H and O–H groups in total. The molecule has 0 bridgehead atoms. The monoisotopic (exact) mass is 533 g/mol. The maximum atomic E-state index is 12.5. The maximum absolute atomic E-state index is 12.5. The fraction of sp³-hybridized carbons (Fsp3) is 0.182. The van der Waals surface area contributed by atoms with Crippen molar-refractivity contribution >= 4 is 56.8 Å². The van der Waals surface area contributed by atoms with Crippen LogP contribution in [0.3, 0.4) is 0 Å². The molecular weight excluding hydrogens is 514 g/mol. The molecule has 0 aliphatic heterocycles. The second-order valence-electron chi connectivity index (χ2n) is 6.76. The lowest BCUT2D eigenvalue weighted by Gasteiger charge is -2.10. The number of aromatic nitrogens is 3. The van der Waals surface area contributed by atoms with Crippen molar-refractivity contribution in [2.75, 3.05) is 11.1 Å². The molecule has 3 rings (SSSR count). The first kappa shape index (κ1) is 24.0. The molecule has 166 valence electrons. The second-order valence-corrected chi connectivity index (χ2v) is 8.97. The zero-order chi connectivity index (χ0) is 23.1. The van der Waals surface area contributed by atoms with E-state index < -0.39 is 0 Å². The molecule has 0 fully saturated rings. The number of hydrogen-bond acceptors (Lipinski definition) is 5. The summed E-state index contributed by atoms with van der Waals surface area (Å²) in [7, 11) is 0. The number of nitrogens with zero attached hydrogens (tertiary/aromatic N) is 3. The molecule has 0 saturated carbocycles. The van der Waals surface area contributed by atoms with Crippen LogP contribution in [-0.2, 0) is 17.9 Å². The molecule has 2 amide bonds. The van der Waals surface area contributed by atoms with Crippen LogP contribution in [0.2, 0.25) is 5.02 Å². The molecule has 1 heterocycles. The minimum Gasteiger partial charge on any atom is -0.345 e. The normalized spacial score (nSPS) is 10.6. The van der Waals surface area contributed by atoms with Gasteiger partial charge in [-0.15, -0.1) is 16.8 Å². The van der Waals surface area contributed by atoms with Crippen LogP contribution in [0.1, 0.15) is 21.7 Å². The average Bonchev–Trinajstić information content (AvgIpc) is 3.15. The highest BCUT2D eigenvalue weighted by Gasteiger charge is 2.15. The fourth-order valence-electron chi connectivity index (χ4n) is 2.85. The molecular formula is C22H21BrClN5O2S. The maximum Gasteiger partial charge on any atom is 0.251 e. The van der Waals surface area contributed by atoms with Gasteiger partial charge in [-0.1, -0.05) is 47.6 Å². The lowest BCUT2D eigenvalue weighted by atomic mass is 10.1. The van der Waals surface area contributed by atoms with E-state index in [0.29, 0.717) is 33.8 Å². The Morgan fingerprint density at radius 2 is 2.03 bits per heavy atom. The number of rotatable bonds is 9. The molecule has 0 atom stereocenters. The van der Waals surface area contributed by atoms with Gasteiger partial charge in [0.1, 0.15) is 0 Å². The van der Waals surface area contributed by atoms with Crippen LogP contribution >= 0.6 is 39.3 Å². The fourth-order valence-corrected chi connectivity index (χ4v) is 4.05. The van der Waals surface area contributed by atoms with Crippen LogP contribution in [0, 0.1) is 6.92 Å². The quantitative estimate of drug-likeness (QED) is 0.303. The Hall–Kier alpha value is -2.62. The van der Waals surface area contributed by atoms with Gasteiger partial charge in [0.05, 0.1) is 17.3 Å². The third-order valence-corrected chi connectivity index (χ3v) is 6.64. The number of carbonyl (C=O) groups excluding carboxylic acids is 2.